The highest BCUT2D eigenvalue weighted by Gasteiger charge is 2.27. The van der Waals surface area contributed by atoms with Crippen LogP contribution in [0.5, 0.6) is 0 Å². The molecule has 0 saturated heterocycles. The highest BCUT2D eigenvalue weighted by Crippen LogP contribution is 2.22. The molecule has 5 nitrogen and oxygen atoms in total. The van der Waals surface area contributed by atoms with Crippen molar-refractivity contribution in [3.63, 3.8) is 0 Å². The third-order valence-electron chi connectivity index (χ3n) is 3.28. The molecule has 0 radical (unpaired) electrons. The van der Waals surface area contributed by atoms with Crippen molar-refractivity contribution in [1.29, 1.82) is 0 Å². The average Bonchev–Trinajstić information content (AvgIpc) is 2.45. The molecule has 2 rings (SSSR count). The standard InChI is InChI=1S/C14H18N2O3/c1-9(14(18)19-2)16-13(17)12-11-6-4-3-5-10(11)7-8-15-12/h3-6,9,12,15H,7-8H2,1-2H3,(H,16,17). The number of amides is 1. The molecule has 0 spiro atoms. The van der Waals surface area contributed by atoms with Crippen molar-refractivity contribution in [3.05, 3.63) is 35.4 Å². The smallest absolute Gasteiger partial charge is 0.328 e. The van der Waals surface area contributed by atoms with E-state index in [1.54, 1.807) is 6.92 Å². The van der Waals surface area contributed by atoms with Crippen LogP contribution in [0.15, 0.2) is 24.3 Å². The molecule has 0 aromatic heterocycles. The maximum absolute atomic E-state index is 12.2. The van der Waals surface area contributed by atoms with Gasteiger partial charge in [-0.1, -0.05) is 24.3 Å². The summed E-state index contributed by atoms with van der Waals surface area (Å²) in [6, 6.07) is 6.80. The summed E-state index contributed by atoms with van der Waals surface area (Å²) in [6.07, 6.45) is 0.909. The third kappa shape index (κ3) is 2.93. The van der Waals surface area contributed by atoms with Gasteiger partial charge in [-0.2, -0.15) is 0 Å². The van der Waals surface area contributed by atoms with E-state index in [1.807, 2.05) is 24.3 Å². The second-order valence-corrected chi connectivity index (χ2v) is 4.59. The van der Waals surface area contributed by atoms with E-state index < -0.39 is 18.1 Å². The molecule has 2 unspecified atom stereocenters. The van der Waals surface area contributed by atoms with Gasteiger partial charge in [-0.15, -0.1) is 0 Å². The predicted molar refractivity (Wildman–Crippen MR) is 70.5 cm³/mol. The summed E-state index contributed by atoms with van der Waals surface area (Å²) in [5, 5.41) is 5.84. The summed E-state index contributed by atoms with van der Waals surface area (Å²) in [6.45, 7) is 2.36. The first kappa shape index (κ1) is 13.5. The van der Waals surface area contributed by atoms with E-state index in [-0.39, 0.29) is 5.91 Å². The quantitative estimate of drug-likeness (QED) is 0.781. The zero-order valence-electron chi connectivity index (χ0n) is 11.1. The molecule has 2 atom stereocenters. The Morgan fingerprint density at radius 3 is 2.89 bits per heavy atom. The molecule has 19 heavy (non-hydrogen) atoms. The number of rotatable bonds is 3. The van der Waals surface area contributed by atoms with Crippen LogP contribution in [0.2, 0.25) is 0 Å². The molecule has 1 aromatic rings. The number of benzene rings is 1. The molecule has 1 heterocycles. The molecule has 1 amide bonds. The van der Waals surface area contributed by atoms with Crippen LogP contribution in [0.1, 0.15) is 24.1 Å². The van der Waals surface area contributed by atoms with E-state index in [4.69, 9.17) is 0 Å². The van der Waals surface area contributed by atoms with Crippen molar-refractivity contribution in [2.75, 3.05) is 13.7 Å². The summed E-state index contributed by atoms with van der Waals surface area (Å²) < 4.78 is 4.60. The first-order chi connectivity index (χ1) is 9.13. The van der Waals surface area contributed by atoms with E-state index >= 15 is 0 Å². The lowest BCUT2D eigenvalue weighted by molar-refractivity contribution is -0.144. The number of methoxy groups -OCH3 is 1. The van der Waals surface area contributed by atoms with Crippen molar-refractivity contribution in [2.45, 2.75) is 25.4 Å². The molecule has 2 N–H and O–H groups in total. The number of carbonyl (C=O) groups is 2. The van der Waals surface area contributed by atoms with Gasteiger partial charge in [0.2, 0.25) is 5.91 Å². The Balaban J connectivity index is 2.11. The zero-order valence-corrected chi connectivity index (χ0v) is 11.1. The van der Waals surface area contributed by atoms with Crippen LogP contribution in [-0.2, 0) is 20.7 Å². The van der Waals surface area contributed by atoms with Gasteiger partial charge in [-0.05, 0) is 24.5 Å². The first-order valence-electron chi connectivity index (χ1n) is 6.33. The van der Waals surface area contributed by atoms with Crippen LogP contribution in [0, 0.1) is 0 Å². The first-order valence-corrected chi connectivity index (χ1v) is 6.33. The van der Waals surface area contributed by atoms with Crippen LogP contribution in [0.4, 0.5) is 0 Å². The van der Waals surface area contributed by atoms with Gasteiger partial charge in [0, 0.05) is 6.54 Å². The average molecular weight is 262 g/mol. The number of esters is 1. The van der Waals surface area contributed by atoms with Gasteiger partial charge in [0.15, 0.2) is 0 Å². The molecule has 0 saturated carbocycles. The van der Waals surface area contributed by atoms with Crippen molar-refractivity contribution >= 4 is 11.9 Å². The summed E-state index contributed by atoms with van der Waals surface area (Å²) in [5.41, 5.74) is 2.15. The van der Waals surface area contributed by atoms with Crippen LogP contribution in [0.25, 0.3) is 0 Å². The number of carbonyl (C=O) groups excluding carboxylic acids is 2. The molecular weight excluding hydrogens is 244 g/mol. The minimum absolute atomic E-state index is 0.204. The van der Waals surface area contributed by atoms with Gasteiger partial charge in [-0.25, -0.2) is 4.79 Å². The van der Waals surface area contributed by atoms with Crippen LogP contribution >= 0.6 is 0 Å². The lowest BCUT2D eigenvalue weighted by atomic mass is 9.94. The SMILES string of the molecule is COC(=O)C(C)NC(=O)C1NCCc2ccccc21. The zero-order chi connectivity index (χ0) is 13.8. The monoisotopic (exact) mass is 262 g/mol. The van der Waals surface area contributed by atoms with E-state index in [1.165, 1.54) is 12.7 Å². The fourth-order valence-corrected chi connectivity index (χ4v) is 2.27. The molecule has 0 bridgehead atoms. The van der Waals surface area contributed by atoms with Crippen LogP contribution in [-0.4, -0.2) is 31.6 Å². The minimum Gasteiger partial charge on any atom is -0.467 e. The molecule has 1 aromatic carbocycles. The van der Waals surface area contributed by atoms with Crippen LogP contribution < -0.4 is 10.6 Å². The second kappa shape index (κ2) is 5.84. The fourth-order valence-electron chi connectivity index (χ4n) is 2.27. The number of fused-ring (bicyclic) bond motifs is 1. The van der Waals surface area contributed by atoms with E-state index in [0.717, 1.165) is 18.5 Å². The molecular formula is C14H18N2O3. The number of hydrogen-bond acceptors (Lipinski definition) is 4. The summed E-state index contributed by atoms with van der Waals surface area (Å²) in [4.78, 5) is 23.5. The second-order valence-electron chi connectivity index (χ2n) is 4.59. The summed E-state index contributed by atoms with van der Waals surface area (Å²) in [7, 11) is 1.30. The Labute approximate surface area is 112 Å². The van der Waals surface area contributed by atoms with Gasteiger partial charge >= 0.3 is 5.97 Å². The Morgan fingerprint density at radius 2 is 2.16 bits per heavy atom. The largest absolute Gasteiger partial charge is 0.467 e. The van der Waals surface area contributed by atoms with Crippen molar-refractivity contribution in [3.8, 4) is 0 Å². The molecule has 0 aliphatic carbocycles. The molecule has 5 heteroatoms. The van der Waals surface area contributed by atoms with E-state index in [0.29, 0.717) is 0 Å². The fraction of sp³-hybridized carbons (Fsp3) is 0.429. The van der Waals surface area contributed by atoms with Gasteiger partial charge in [0.05, 0.1) is 7.11 Å². The molecule has 0 fully saturated rings. The molecule has 1 aliphatic heterocycles. The van der Waals surface area contributed by atoms with Crippen molar-refractivity contribution in [2.24, 2.45) is 0 Å². The maximum Gasteiger partial charge on any atom is 0.328 e. The number of ether oxygens (including phenoxy) is 1. The van der Waals surface area contributed by atoms with Crippen LogP contribution in [0.3, 0.4) is 0 Å². The van der Waals surface area contributed by atoms with Crippen molar-refractivity contribution in [1.82, 2.24) is 10.6 Å². The predicted octanol–water partition coefficient (Wildman–Crippen LogP) is 0.551. The number of hydrogen-bond donors (Lipinski definition) is 2. The lowest BCUT2D eigenvalue weighted by Gasteiger charge is -2.26. The maximum atomic E-state index is 12.2. The third-order valence-corrected chi connectivity index (χ3v) is 3.28. The summed E-state index contributed by atoms with van der Waals surface area (Å²) >= 11 is 0. The van der Waals surface area contributed by atoms with Gasteiger partial charge in [-0.3, -0.25) is 4.79 Å². The van der Waals surface area contributed by atoms with Gasteiger partial charge in [0.1, 0.15) is 12.1 Å². The van der Waals surface area contributed by atoms with Gasteiger partial charge in [0.25, 0.3) is 0 Å². The number of nitrogens with one attached hydrogen (secondary N) is 2. The molecule has 102 valence electrons. The van der Waals surface area contributed by atoms with Crippen molar-refractivity contribution < 1.29 is 14.3 Å². The highest BCUT2D eigenvalue weighted by molar-refractivity contribution is 5.88. The minimum atomic E-state index is -0.645. The summed E-state index contributed by atoms with van der Waals surface area (Å²) in [5.74, 6) is -0.650. The molecule has 1 aliphatic rings. The topological polar surface area (TPSA) is 67.4 Å². The van der Waals surface area contributed by atoms with E-state index in [9.17, 15) is 9.59 Å². The normalized spacial score (nSPS) is 19.2. The highest BCUT2D eigenvalue weighted by atomic mass is 16.5. The van der Waals surface area contributed by atoms with E-state index in [2.05, 4.69) is 15.4 Å². The Bertz CT molecular complexity index is 487. The van der Waals surface area contributed by atoms with Gasteiger partial charge < -0.3 is 15.4 Å². The Kier molecular flexibility index (Phi) is 4.16. The Morgan fingerprint density at radius 1 is 1.42 bits per heavy atom. The Hall–Kier alpha value is -1.88. The lowest BCUT2D eigenvalue weighted by Crippen LogP contribution is -2.46.